The summed E-state index contributed by atoms with van der Waals surface area (Å²) in [4.78, 5) is 73.6. The molecule has 47 heavy (non-hydrogen) atoms. The SMILES string of the molecule is O=C(O)CNCCN(CCN(CC(=O)O)CC(=O)O)CC(=O)NCc1ccc(CC(=O)NNC(=O)[C@H]2Cc3ccccc3CN2)cc1. The number of carbonyl (C=O) groups is 6. The van der Waals surface area contributed by atoms with Crippen LogP contribution in [0, 0.1) is 0 Å². The molecule has 0 bridgehead atoms. The third kappa shape index (κ3) is 14.0. The minimum atomic E-state index is -1.18. The van der Waals surface area contributed by atoms with Crippen molar-refractivity contribution < 1.29 is 44.1 Å². The van der Waals surface area contributed by atoms with Gasteiger partial charge in [0.1, 0.15) is 0 Å². The summed E-state index contributed by atoms with van der Waals surface area (Å²) in [5.74, 6) is -4.47. The number of benzene rings is 2. The number of carboxylic acids is 3. The first-order valence-corrected chi connectivity index (χ1v) is 15.0. The van der Waals surface area contributed by atoms with Crippen molar-refractivity contribution in [1.29, 1.82) is 0 Å². The average molecular weight is 656 g/mol. The van der Waals surface area contributed by atoms with Crippen LogP contribution in [-0.4, -0.2) is 119 Å². The number of hydrazine groups is 1. The van der Waals surface area contributed by atoms with Crippen molar-refractivity contribution in [2.24, 2.45) is 0 Å². The van der Waals surface area contributed by atoms with Crippen molar-refractivity contribution in [3.8, 4) is 0 Å². The van der Waals surface area contributed by atoms with E-state index in [9.17, 15) is 28.8 Å². The highest BCUT2D eigenvalue weighted by Gasteiger charge is 2.24. The molecule has 1 atom stereocenters. The molecule has 0 unspecified atom stereocenters. The third-order valence-electron chi connectivity index (χ3n) is 7.30. The van der Waals surface area contributed by atoms with Gasteiger partial charge >= 0.3 is 17.9 Å². The molecular weight excluding hydrogens is 614 g/mol. The van der Waals surface area contributed by atoms with E-state index >= 15 is 0 Å². The first-order chi connectivity index (χ1) is 22.5. The number of nitrogens with zero attached hydrogens (tertiary/aromatic N) is 2. The Morgan fingerprint density at radius 3 is 2.02 bits per heavy atom. The van der Waals surface area contributed by atoms with Gasteiger partial charge in [-0.3, -0.25) is 49.4 Å². The van der Waals surface area contributed by atoms with Gasteiger partial charge in [-0.2, -0.15) is 0 Å². The lowest BCUT2D eigenvalue weighted by atomic mass is 9.96. The molecule has 3 amide bonds. The van der Waals surface area contributed by atoms with Crippen molar-refractivity contribution in [1.82, 2.24) is 36.6 Å². The molecule has 254 valence electrons. The van der Waals surface area contributed by atoms with Gasteiger partial charge in [0, 0.05) is 39.3 Å². The smallest absolute Gasteiger partial charge is 0.317 e. The topological polar surface area (TPSA) is 230 Å². The van der Waals surface area contributed by atoms with Crippen LogP contribution in [0.15, 0.2) is 48.5 Å². The Kier molecular flexibility index (Phi) is 14.7. The van der Waals surface area contributed by atoms with E-state index in [2.05, 4.69) is 26.8 Å². The van der Waals surface area contributed by atoms with Crippen LogP contribution in [0.4, 0.5) is 0 Å². The summed E-state index contributed by atoms with van der Waals surface area (Å²) >= 11 is 0. The molecule has 0 spiro atoms. The van der Waals surface area contributed by atoms with Crippen LogP contribution in [0.3, 0.4) is 0 Å². The maximum Gasteiger partial charge on any atom is 0.317 e. The highest BCUT2D eigenvalue weighted by molar-refractivity contribution is 5.86. The number of aliphatic carboxylic acids is 3. The lowest BCUT2D eigenvalue weighted by Crippen LogP contribution is -2.53. The van der Waals surface area contributed by atoms with Crippen LogP contribution in [0.5, 0.6) is 0 Å². The number of amides is 3. The lowest BCUT2D eigenvalue weighted by molar-refractivity contribution is -0.142. The summed E-state index contributed by atoms with van der Waals surface area (Å²) in [6.07, 6.45) is 0.551. The summed E-state index contributed by atoms with van der Waals surface area (Å²) in [6, 6.07) is 14.4. The van der Waals surface area contributed by atoms with Gasteiger partial charge < -0.3 is 31.3 Å². The molecule has 2 aromatic rings. The van der Waals surface area contributed by atoms with Gasteiger partial charge in [-0.05, 0) is 28.7 Å². The molecule has 16 heteroatoms. The molecule has 3 rings (SSSR count). The maximum absolute atomic E-state index is 12.7. The van der Waals surface area contributed by atoms with Crippen LogP contribution in [0.25, 0.3) is 0 Å². The summed E-state index contributed by atoms with van der Waals surface area (Å²) < 4.78 is 0. The number of hydrogen-bond donors (Lipinski definition) is 8. The fourth-order valence-electron chi connectivity index (χ4n) is 4.90. The largest absolute Gasteiger partial charge is 0.480 e. The van der Waals surface area contributed by atoms with E-state index in [1.807, 2.05) is 24.3 Å². The Labute approximate surface area is 271 Å². The van der Waals surface area contributed by atoms with E-state index in [4.69, 9.17) is 15.3 Å². The molecule has 1 heterocycles. The average Bonchev–Trinajstić information content (AvgIpc) is 3.03. The second-order valence-electron chi connectivity index (χ2n) is 11.1. The minimum Gasteiger partial charge on any atom is -0.480 e. The minimum absolute atomic E-state index is 0.0273. The van der Waals surface area contributed by atoms with Crippen LogP contribution in [0.1, 0.15) is 22.3 Å². The second-order valence-corrected chi connectivity index (χ2v) is 11.1. The molecule has 0 saturated carbocycles. The summed E-state index contributed by atoms with van der Waals surface area (Å²) in [7, 11) is 0. The molecule has 0 radical (unpaired) electrons. The number of nitrogens with one attached hydrogen (secondary N) is 5. The number of carbonyl (C=O) groups excluding carboxylic acids is 3. The zero-order valence-electron chi connectivity index (χ0n) is 25.9. The normalized spacial score (nSPS) is 13.9. The van der Waals surface area contributed by atoms with E-state index in [1.165, 1.54) is 4.90 Å². The summed E-state index contributed by atoms with van der Waals surface area (Å²) in [6.45, 7) is 0.168. The van der Waals surface area contributed by atoms with E-state index in [1.54, 1.807) is 29.2 Å². The van der Waals surface area contributed by atoms with Crippen LogP contribution in [-0.2, 0) is 54.7 Å². The van der Waals surface area contributed by atoms with Crippen molar-refractivity contribution in [2.45, 2.75) is 32.0 Å². The zero-order chi connectivity index (χ0) is 34.2. The van der Waals surface area contributed by atoms with Gasteiger partial charge in [-0.15, -0.1) is 0 Å². The number of carboxylic acid groups (broad SMARTS) is 3. The maximum atomic E-state index is 12.7. The van der Waals surface area contributed by atoms with Crippen LogP contribution in [0.2, 0.25) is 0 Å². The third-order valence-corrected chi connectivity index (χ3v) is 7.30. The quantitative estimate of drug-likeness (QED) is 0.0615. The first-order valence-electron chi connectivity index (χ1n) is 15.0. The monoisotopic (exact) mass is 655 g/mol. The van der Waals surface area contributed by atoms with E-state index < -0.39 is 37.0 Å². The predicted octanol–water partition coefficient (Wildman–Crippen LogP) is -1.85. The molecule has 2 aromatic carbocycles. The predicted molar refractivity (Wildman–Crippen MR) is 168 cm³/mol. The molecular formula is C31H41N7O9. The summed E-state index contributed by atoms with van der Waals surface area (Å²) in [5, 5.41) is 35.6. The standard InChI is InChI=1S/C31H41N7O9/c39-26(35-36-31(47)25-14-23-3-1-2-4-24(23)16-33-25)13-21-5-7-22(8-6-21)15-34-27(40)18-37(10-9-32-17-28(41)42)11-12-38(19-29(43)44)20-30(45)46/h1-8,25,32-33H,9-20H2,(H,34,40)(H,35,39)(H,36,47)(H,41,42)(H,43,44)(H,45,46)/t25-/m1/s1. The van der Waals surface area contributed by atoms with E-state index in [0.29, 0.717) is 18.5 Å². The van der Waals surface area contributed by atoms with Crippen molar-refractivity contribution >= 4 is 35.6 Å². The number of fused-ring (bicyclic) bond motifs is 1. The van der Waals surface area contributed by atoms with Gasteiger partial charge in [-0.25, -0.2) is 0 Å². The van der Waals surface area contributed by atoms with Gasteiger partial charge in [0.2, 0.25) is 11.8 Å². The van der Waals surface area contributed by atoms with Gasteiger partial charge in [0.05, 0.1) is 38.6 Å². The number of hydrogen-bond acceptors (Lipinski definition) is 10. The van der Waals surface area contributed by atoms with E-state index in [0.717, 1.165) is 16.7 Å². The Balaban J connectivity index is 1.43. The van der Waals surface area contributed by atoms with E-state index in [-0.39, 0.29) is 70.0 Å². The Morgan fingerprint density at radius 1 is 0.723 bits per heavy atom. The molecule has 0 fully saturated rings. The van der Waals surface area contributed by atoms with Crippen molar-refractivity contribution in [3.63, 3.8) is 0 Å². The molecule has 16 nitrogen and oxygen atoms in total. The highest BCUT2D eigenvalue weighted by Crippen LogP contribution is 2.16. The first kappa shape index (κ1) is 36.6. The Morgan fingerprint density at radius 2 is 1.36 bits per heavy atom. The fourth-order valence-corrected chi connectivity index (χ4v) is 4.90. The van der Waals surface area contributed by atoms with Crippen LogP contribution >= 0.6 is 0 Å². The van der Waals surface area contributed by atoms with Crippen molar-refractivity contribution in [3.05, 3.63) is 70.8 Å². The molecule has 1 aliphatic heterocycles. The summed E-state index contributed by atoms with van der Waals surface area (Å²) in [5.41, 5.74) is 8.63. The Bertz CT molecular complexity index is 1390. The molecule has 0 saturated heterocycles. The van der Waals surface area contributed by atoms with Gasteiger partial charge in [0.25, 0.3) is 5.91 Å². The van der Waals surface area contributed by atoms with Gasteiger partial charge in [0.15, 0.2) is 0 Å². The molecule has 1 aliphatic rings. The zero-order valence-corrected chi connectivity index (χ0v) is 25.9. The number of rotatable bonds is 19. The fraction of sp³-hybridized carbons (Fsp3) is 0.419. The van der Waals surface area contributed by atoms with Crippen LogP contribution < -0.4 is 26.8 Å². The van der Waals surface area contributed by atoms with Gasteiger partial charge in [-0.1, -0.05) is 48.5 Å². The van der Waals surface area contributed by atoms with Crippen molar-refractivity contribution in [2.75, 3.05) is 52.4 Å². The highest BCUT2D eigenvalue weighted by atomic mass is 16.4. The Hall–Kier alpha value is -4.90. The lowest BCUT2D eigenvalue weighted by Gasteiger charge is -2.25. The molecule has 8 N–H and O–H groups in total. The molecule has 0 aromatic heterocycles. The molecule has 0 aliphatic carbocycles. The second kappa shape index (κ2) is 18.9.